The highest BCUT2D eigenvalue weighted by atomic mass is 32.2. The largest absolute Gasteiger partial charge is 0.349 e. The van der Waals surface area contributed by atoms with Crippen LogP contribution < -0.4 is 5.32 Å². The Hall–Kier alpha value is -2.60. The lowest BCUT2D eigenvalue weighted by molar-refractivity contribution is -0.119. The van der Waals surface area contributed by atoms with Crippen LogP contribution in [0.5, 0.6) is 0 Å². The van der Waals surface area contributed by atoms with E-state index in [0.29, 0.717) is 10.9 Å². The van der Waals surface area contributed by atoms with Crippen LogP contribution in [-0.4, -0.2) is 26.4 Å². The molecule has 0 aliphatic carbocycles. The van der Waals surface area contributed by atoms with Crippen molar-refractivity contribution in [3.63, 3.8) is 0 Å². The number of carbonyl (C=O) groups excluding carboxylic acids is 1. The first-order chi connectivity index (χ1) is 13.1. The Bertz CT molecular complexity index is 905. The smallest absolute Gasteiger partial charge is 0.230 e. The number of nitrogens with one attached hydrogen (secondary N) is 1. The molecule has 0 aliphatic heterocycles. The molecule has 3 rings (SSSR count). The second-order valence-electron chi connectivity index (χ2n) is 6.50. The molecule has 0 fully saturated rings. The minimum atomic E-state index is -0.00763. The van der Waals surface area contributed by atoms with Crippen LogP contribution in [0.1, 0.15) is 36.1 Å². The first-order valence-corrected chi connectivity index (χ1v) is 10.0. The summed E-state index contributed by atoms with van der Waals surface area (Å²) in [6.07, 6.45) is 2.53. The van der Waals surface area contributed by atoms with Gasteiger partial charge in [-0.15, -0.1) is 10.2 Å². The Morgan fingerprint density at radius 2 is 1.89 bits per heavy atom. The van der Waals surface area contributed by atoms with Gasteiger partial charge in [0.25, 0.3) is 0 Å². The topological polar surface area (TPSA) is 59.8 Å². The molecule has 140 valence electrons. The van der Waals surface area contributed by atoms with Gasteiger partial charge < -0.3 is 5.32 Å². The number of nitrogens with zero attached hydrogens (tertiary/aromatic N) is 3. The maximum atomic E-state index is 12.5. The number of hydrogen-bond acceptors (Lipinski definition) is 4. The van der Waals surface area contributed by atoms with Gasteiger partial charge >= 0.3 is 0 Å². The number of carbonyl (C=O) groups is 1. The van der Waals surface area contributed by atoms with E-state index in [-0.39, 0.29) is 11.9 Å². The van der Waals surface area contributed by atoms with Crippen molar-refractivity contribution in [1.82, 2.24) is 20.1 Å². The van der Waals surface area contributed by atoms with Crippen LogP contribution in [0.15, 0.2) is 60.0 Å². The van der Waals surface area contributed by atoms with Gasteiger partial charge in [-0.2, -0.15) is 0 Å². The van der Waals surface area contributed by atoms with E-state index < -0.39 is 0 Å². The summed E-state index contributed by atoms with van der Waals surface area (Å²) in [6, 6.07) is 16.4. The van der Waals surface area contributed by atoms with E-state index in [2.05, 4.69) is 53.6 Å². The van der Waals surface area contributed by atoms with Gasteiger partial charge in [-0.05, 0) is 37.5 Å². The van der Waals surface area contributed by atoms with Crippen LogP contribution in [0.4, 0.5) is 0 Å². The molecule has 2 aromatic carbocycles. The molecular weight excluding hydrogens is 356 g/mol. The fourth-order valence-electron chi connectivity index (χ4n) is 2.91. The molecule has 1 N–H and O–H groups in total. The highest BCUT2D eigenvalue weighted by Gasteiger charge is 2.15. The van der Waals surface area contributed by atoms with Crippen LogP contribution in [0.2, 0.25) is 0 Å². The zero-order valence-corrected chi connectivity index (χ0v) is 16.7. The van der Waals surface area contributed by atoms with Crippen molar-refractivity contribution in [3.05, 3.63) is 71.5 Å². The number of rotatable bonds is 7. The van der Waals surface area contributed by atoms with Gasteiger partial charge in [0.15, 0.2) is 5.16 Å². The first kappa shape index (κ1) is 19.2. The number of thioether (sulfide) groups is 1. The Morgan fingerprint density at radius 1 is 1.15 bits per heavy atom. The summed E-state index contributed by atoms with van der Waals surface area (Å²) >= 11 is 1.39. The van der Waals surface area contributed by atoms with Crippen LogP contribution in [0, 0.1) is 13.8 Å². The molecule has 1 atom stereocenters. The number of hydrogen-bond donors (Lipinski definition) is 1. The standard InChI is InChI=1S/C21H24N4OS/c1-4-18(17-11-9-15(2)10-12-17)23-20(26)13-27-21-24-22-14-25(21)19-8-6-5-7-16(19)3/h5-12,14,18H,4,13H2,1-3H3,(H,23,26)/t18-/m0/s1. The third kappa shape index (κ3) is 4.77. The van der Waals surface area contributed by atoms with E-state index >= 15 is 0 Å². The molecule has 0 radical (unpaired) electrons. The summed E-state index contributed by atoms with van der Waals surface area (Å²) in [6.45, 7) is 6.18. The van der Waals surface area contributed by atoms with E-state index in [1.54, 1.807) is 6.33 Å². The van der Waals surface area contributed by atoms with Gasteiger partial charge in [-0.1, -0.05) is 66.7 Å². The lowest BCUT2D eigenvalue weighted by Crippen LogP contribution is -2.29. The molecule has 1 aromatic heterocycles. The zero-order valence-electron chi connectivity index (χ0n) is 15.8. The van der Waals surface area contributed by atoms with Crippen LogP contribution >= 0.6 is 11.8 Å². The maximum absolute atomic E-state index is 12.5. The quantitative estimate of drug-likeness (QED) is 0.623. The molecule has 5 nitrogen and oxygen atoms in total. The lowest BCUT2D eigenvalue weighted by atomic mass is 10.0. The molecule has 1 amide bonds. The Kier molecular flexibility index (Phi) is 6.29. The zero-order chi connectivity index (χ0) is 19.2. The minimum absolute atomic E-state index is 0.00763. The van der Waals surface area contributed by atoms with E-state index in [9.17, 15) is 4.79 Å². The molecule has 0 saturated carbocycles. The molecular formula is C21H24N4OS. The highest BCUT2D eigenvalue weighted by molar-refractivity contribution is 7.99. The van der Waals surface area contributed by atoms with Gasteiger partial charge in [0.2, 0.25) is 5.91 Å². The van der Waals surface area contributed by atoms with Crippen LogP contribution in [0.3, 0.4) is 0 Å². The third-order valence-electron chi connectivity index (χ3n) is 4.45. The average Bonchev–Trinajstić information content (AvgIpc) is 3.14. The summed E-state index contributed by atoms with van der Waals surface area (Å²) in [5.41, 5.74) is 4.50. The third-order valence-corrected chi connectivity index (χ3v) is 5.39. The summed E-state index contributed by atoms with van der Waals surface area (Å²) in [5.74, 6) is 0.291. The molecule has 27 heavy (non-hydrogen) atoms. The molecule has 0 saturated heterocycles. The van der Waals surface area contributed by atoms with E-state index in [0.717, 1.165) is 23.2 Å². The van der Waals surface area contributed by atoms with Crippen molar-refractivity contribution in [2.75, 3.05) is 5.75 Å². The van der Waals surface area contributed by atoms with Gasteiger partial charge in [0.1, 0.15) is 6.33 Å². The summed E-state index contributed by atoms with van der Waals surface area (Å²) in [5, 5.41) is 12.0. The predicted molar refractivity (Wildman–Crippen MR) is 109 cm³/mol. The fraction of sp³-hybridized carbons (Fsp3) is 0.286. The Morgan fingerprint density at radius 3 is 2.59 bits per heavy atom. The second kappa shape index (κ2) is 8.86. The lowest BCUT2D eigenvalue weighted by Gasteiger charge is -2.17. The second-order valence-corrected chi connectivity index (χ2v) is 7.44. The Labute approximate surface area is 164 Å². The molecule has 0 aliphatic rings. The molecule has 3 aromatic rings. The van der Waals surface area contributed by atoms with E-state index in [1.165, 1.54) is 17.3 Å². The van der Waals surface area contributed by atoms with Crippen molar-refractivity contribution < 1.29 is 4.79 Å². The number of para-hydroxylation sites is 1. The van der Waals surface area contributed by atoms with Gasteiger partial charge in [-0.25, -0.2) is 0 Å². The fourth-order valence-corrected chi connectivity index (χ4v) is 3.64. The molecule has 0 bridgehead atoms. The van der Waals surface area contributed by atoms with Gasteiger partial charge in [-0.3, -0.25) is 9.36 Å². The van der Waals surface area contributed by atoms with E-state index in [1.807, 2.05) is 35.8 Å². The predicted octanol–water partition coefficient (Wildman–Crippen LogP) is 4.24. The van der Waals surface area contributed by atoms with Gasteiger partial charge in [0.05, 0.1) is 17.5 Å². The first-order valence-electron chi connectivity index (χ1n) is 9.03. The van der Waals surface area contributed by atoms with Crippen molar-refractivity contribution in [3.8, 4) is 5.69 Å². The van der Waals surface area contributed by atoms with Crippen molar-refractivity contribution in [1.29, 1.82) is 0 Å². The molecule has 6 heteroatoms. The number of aromatic nitrogens is 3. The van der Waals surface area contributed by atoms with Gasteiger partial charge in [0, 0.05) is 0 Å². The normalized spacial score (nSPS) is 12.0. The number of benzene rings is 2. The van der Waals surface area contributed by atoms with Crippen LogP contribution in [-0.2, 0) is 4.79 Å². The monoisotopic (exact) mass is 380 g/mol. The molecule has 1 heterocycles. The van der Waals surface area contributed by atoms with Crippen LogP contribution in [0.25, 0.3) is 5.69 Å². The molecule has 0 unspecified atom stereocenters. The minimum Gasteiger partial charge on any atom is -0.349 e. The highest BCUT2D eigenvalue weighted by Crippen LogP contribution is 2.22. The maximum Gasteiger partial charge on any atom is 0.230 e. The van der Waals surface area contributed by atoms with Crippen molar-refractivity contribution in [2.24, 2.45) is 0 Å². The SMILES string of the molecule is CC[C@H](NC(=O)CSc1nncn1-c1ccccc1C)c1ccc(C)cc1. The summed E-state index contributed by atoms with van der Waals surface area (Å²) < 4.78 is 1.92. The Balaban J connectivity index is 1.64. The summed E-state index contributed by atoms with van der Waals surface area (Å²) in [4.78, 5) is 12.5. The van der Waals surface area contributed by atoms with Crippen molar-refractivity contribution >= 4 is 17.7 Å². The molecule has 0 spiro atoms. The van der Waals surface area contributed by atoms with E-state index in [4.69, 9.17) is 0 Å². The number of aryl methyl sites for hydroxylation is 2. The average molecular weight is 381 g/mol. The summed E-state index contributed by atoms with van der Waals surface area (Å²) in [7, 11) is 0. The number of amides is 1. The van der Waals surface area contributed by atoms with Crippen molar-refractivity contribution in [2.45, 2.75) is 38.4 Å².